The van der Waals surface area contributed by atoms with Crippen LogP contribution >= 0.6 is 0 Å². The number of rotatable bonds is 3. The zero-order chi connectivity index (χ0) is 16.7. The van der Waals surface area contributed by atoms with Crippen LogP contribution in [0.1, 0.15) is 17.5 Å². The Balaban J connectivity index is 2.11. The molecule has 2 fully saturated rings. The highest BCUT2D eigenvalue weighted by Crippen LogP contribution is 2.39. The Morgan fingerprint density at radius 2 is 2.22 bits per heavy atom. The highest BCUT2D eigenvalue weighted by atomic mass is 19.1. The van der Waals surface area contributed by atoms with Crippen molar-refractivity contribution in [2.24, 2.45) is 0 Å². The minimum atomic E-state index is -0.966. The Morgan fingerprint density at radius 1 is 1.48 bits per heavy atom. The van der Waals surface area contributed by atoms with E-state index in [2.05, 4.69) is 0 Å². The van der Waals surface area contributed by atoms with E-state index >= 15 is 0 Å². The minimum Gasteiger partial charge on any atom is -0.494 e. The van der Waals surface area contributed by atoms with Gasteiger partial charge < -0.3 is 14.7 Å². The van der Waals surface area contributed by atoms with Crippen molar-refractivity contribution in [1.82, 2.24) is 4.90 Å². The zero-order valence-electron chi connectivity index (χ0n) is 12.3. The van der Waals surface area contributed by atoms with Gasteiger partial charge in [0.05, 0.1) is 30.5 Å². The van der Waals surface area contributed by atoms with E-state index in [-0.39, 0.29) is 29.1 Å². The average Bonchev–Trinajstić information content (AvgIpc) is 3.05. The molecule has 0 bridgehead atoms. The van der Waals surface area contributed by atoms with Crippen molar-refractivity contribution in [3.63, 3.8) is 0 Å². The fourth-order valence-corrected chi connectivity index (χ4v) is 3.12. The molecule has 0 spiro atoms. The van der Waals surface area contributed by atoms with Crippen LogP contribution < -0.4 is 9.64 Å². The van der Waals surface area contributed by atoms with Crippen molar-refractivity contribution >= 4 is 17.6 Å². The van der Waals surface area contributed by atoms with Crippen molar-refractivity contribution in [2.75, 3.05) is 18.6 Å². The normalized spacial score (nSPS) is 23.2. The summed E-state index contributed by atoms with van der Waals surface area (Å²) in [5.41, 5.74) is 0.143. The van der Waals surface area contributed by atoms with Crippen molar-refractivity contribution in [1.29, 1.82) is 5.26 Å². The number of carbonyl (C=O) groups excluding carboxylic acids is 2. The molecule has 7 nitrogen and oxygen atoms in total. The summed E-state index contributed by atoms with van der Waals surface area (Å²) in [6.45, 7) is -0.687. The number of aliphatic hydroxyl groups is 1. The molecule has 2 heterocycles. The van der Waals surface area contributed by atoms with Gasteiger partial charge in [0.25, 0.3) is 5.91 Å². The van der Waals surface area contributed by atoms with E-state index in [1.807, 2.05) is 6.07 Å². The zero-order valence-corrected chi connectivity index (χ0v) is 12.3. The van der Waals surface area contributed by atoms with Gasteiger partial charge in [0.2, 0.25) is 0 Å². The van der Waals surface area contributed by atoms with E-state index in [0.717, 1.165) is 4.90 Å². The van der Waals surface area contributed by atoms with E-state index in [4.69, 9.17) is 10.00 Å². The molecule has 2 aliphatic rings. The fourth-order valence-electron chi connectivity index (χ4n) is 3.12. The van der Waals surface area contributed by atoms with Gasteiger partial charge in [-0.05, 0) is 18.6 Å². The number of hydrogen-bond acceptors (Lipinski definition) is 5. The van der Waals surface area contributed by atoms with Gasteiger partial charge >= 0.3 is 6.03 Å². The topological polar surface area (TPSA) is 93.9 Å². The van der Waals surface area contributed by atoms with Gasteiger partial charge in [-0.3, -0.25) is 4.79 Å². The van der Waals surface area contributed by atoms with Crippen molar-refractivity contribution in [3.8, 4) is 11.8 Å². The number of alkyl halides is 1. The largest absolute Gasteiger partial charge is 0.494 e. The summed E-state index contributed by atoms with van der Waals surface area (Å²) in [5.74, 6) is -0.600. The van der Waals surface area contributed by atoms with Crippen LogP contribution in [-0.2, 0) is 11.5 Å². The van der Waals surface area contributed by atoms with Crippen LogP contribution in [0.5, 0.6) is 5.75 Å². The van der Waals surface area contributed by atoms with Gasteiger partial charge in [0.15, 0.2) is 0 Å². The molecule has 1 N–H and O–H groups in total. The smallest absolute Gasteiger partial charge is 0.332 e. The average molecular weight is 319 g/mol. The van der Waals surface area contributed by atoms with Crippen LogP contribution in [0.2, 0.25) is 0 Å². The standard InChI is InChI=1S/C15H14FN3O4/c1-23-13-9(6-16)8(7-17)2-3-10(13)19-14(21)12-11(20)4-5-18(12)15(19)22/h2-3,11-12,20H,4-6H2,1H3/t11?,12-/m0/s1. The molecule has 3 rings (SSSR count). The first-order valence-electron chi connectivity index (χ1n) is 7.03. The van der Waals surface area contributed by atoms with Gasteiger partial charge in [-0.15, -0.1) is 0 Å². The van der Waals surface area contributed by atoms with E-state index in [0.29, 0.717) is 6.42 Å². The monoisotopic (exact) mass is 319 g/mol. The molecular weight excluding hydrogens is 305 g/mol. The van der Waals surface area contributed by atoms with Crippen LogP contribution in [0, 0.1) is 11.3 Å². The summed E-state index contributed by atoms with van der Waals surface area (Å²) in [7, 11) is 1.28. The maximum absolute atomic E-state index is 13.3. The first-order chi connectivity index (χ1) is 11.0. The lowest BCUT2D eigenvalue weighted by Gasteiger charge is -2.20. The fraction of sp³-hybridized carbons (Fsp3) is 0.400. The van der Waals surface area contributed by atoms with Gasteiger partial charge in [-0.1, -0.05) is 0 Å². The molecule has 23 heavy (non-hydrogen) atoms. The quantitative estimate of drug-likeness (QED) is 0.837. The van der Waals surface area contributed by atoms with Crippen LogP contribution in [0.4, 0.5) is 14.9 Å². The molecule has 0 aromatic heterocycles. The van der Waals surface area contributed by atoms with E-state index in [1.54, 1.807) is 0 Å². The lowest BCUT2D eigenvalue weighted by Crippen LogP contribution is -2.36. The Labute approximate surface area is 131 Å². The van der Waals surface area contributed by atoms with E-state index in [1.165, 1.54) is 24.1 Å². The first-order valence-corrected chi connectivity index (χ1v) is 7.03. The van der Waals surface area contributed by atoms with Crippen LogP contribution in [-0.4, -0.2) is 47.7 Å². The van der Waals surface area contributed by atoms with Crippen molar-refractivity contribution in [3.05, 3.63) is 23.3 Å². The number of halogens is 1. The third-order valence-electron chi connectivity index (χ3n) is 4.22. The molecule has 2 aliphatic heterocycles. The predicted octanol–water partition coefficient (Wildman–Crippen LogP) is 0.938. The maximum Gasteiger partial charge on any atom is 0.332 e. The predicted molar refractivity (Wildman–Crippen MR) is 76.5 cm³/mol. The molecule has 1 aromatic rings. The summed E-state index contributed by atoms with van der Waals surface area (Å²) in [5, 5.41) is 18.9. The molecule has 2 saturated heterocycles. The number of methoxy groups -OCH3 is 1. The molecule has 8 heteroatoms. The van der Waals surface area contributed by atoms with Gasteiger partial charge in [0, 0.05) is 12.1 Å². The number of benzene rings is 1. The molecule has 120 valence electrons. The Morgan fingerprint density at radius 3 is 2.78 bits per heavy atom. The number of fused-ring (bicyclic) bond motifs is 1. The lowest BCUT2D eigenvalue weighted by atomic mass is 10.1. The molecule has 1 aromatic carbocycles. The second-order valence-electron chi connectivity index (χ2n) is 5.34. The Bertz CT molecular complexity index is 730. The molecule has 2 atom stereocenters. The number of carbonyl (C=O) groups is 2. The van der Waals surface area contributed by atoms with E-state index < -0.39 is 30.8 Å². The molecule has 0 aliphatic carbocycles. The molecule has 3 amide bonds. The molecular formula is C15H14FN3O4. The van der Waals surface area contributed by atoms with Crippen LogP contribution in [0.15, 0.2) is 12.1 Å². The number of nitriles is 1. The second kappa shape index (κ2) is 5.52. The van der Waals surface area contributed by atoms with Gasteiger partial charge in [-0.25, -0.2) is 14.1 Å². The first kappa shape index (κ1) is 15.2. The van der Waals surface area contributed by atoms with E-state index in [9.17, 15) is 19.1 Å². The lowest BCUT2D eigenvalue weighted by molar-refractivity contribution is -0.121. The minimum absolute atomic E-state index is 0.0132. The SMILES string of the molecule is COc1c(N2C(=O)[C@@H]3C(O)CCN3C2=O)ccc(C#N)c1CF. The number of nitrogens with zero attached hydrogens (tertiary/aromatic N) is 3. The highest BCUT2D eigenvalue weighted by Gasteiger charge is 2.53. The third kappa shape index (κ3) is 2.04. The van der Waals surface area contributed by atoms with Crippen LogP contribution in [0.3, 0.4) is 0 Å². The number of anilines is 1. The Kier molecular flexibility index (Phi) is 3.66. The number of amides is 3. The van der Waals surface area contributed by atoms with Crippen LogP contribution in [0.25, 0.3) is 0 Å². The van der Waals surface area contributed by atoms with Gasteiger partial charge in [0.1, 0.15) is 18.5 Å². The molecule has 1 unspecified atom stereocenters. The number of imide groups is 1. The summed E-state index contributed by atoms with van der Waals surface area (Å²) >= 11 is 0. The molecule has 0 saturated carbocycles. The number of ether oxygens (including phenoxy) is 1. The van der Waals surface area contributed by atoms with Crippen molar-refractivity contribution in [2.45, 2.75) is 25.2 Å². The second-order valence-corrected chi connectivity index (χ2v) is 5.34. The number of urea groups is 1. The number of hydrogen-bond donors (Lipinski definition) is 1. The summed E-state index contributed by atoms with van der Waals surface area (Å²) in [4.78, 5) is 27.2. The third-order valence-corrected chi connectivity index (χ3v) is 4.22. The highest BCUT2D eigenvalue weighted by molar-refractivity contribution is 6.22. The van der Waals surface area contributed by atoms with Gasteiger partial charge in [-0.2, -0.15) is 5.26 Å². The summed E-state index contributed by atoms with van der Waals surface area (Å²) < 4.78 is 18.5. The summed E-state index contributed by atoms with van der Waals surface area (Å²) in [6, 6.07) is 3.07. The van der Waals surface area contributed by atoms with Crippen molar-refractivity contribution < 1.29 is 23.8 Å². The Hall–Kier alpha value is -2.66. The summed E-state index contributed by atoms with van der Waals surface area (Å²) in [6.07, 6.45) is -0.572. The number of aliphatic hydroxyl groups excluding tert-OH is 1. The maximum atomic E-state index is 13.3. The molecule has 0 radical (unpaired) electrons.